The highest BCUT2D eigenvalue weighted by Crippen LogP contribution is 2.43. The summed E-state index contributed by atoms with van der Waals surface area (Å²) in [6.07, 6.45) is -1.09. The Morgan fingerprint density at radius 1 is 1.36 bits per heavy atom. The highest BCUT2D eigenvalue weighted by molar-refractivity contribution is 5.72. The average molecular weight is 318 g/mol. The number of carboxylic acids is 1. The van der Waals surface area contributed by atoms with Gasteiger partial charge in [0.1, 0.15) is 6.10 Å². The number of nitrogens with zero attached hydrogens (tertiary/aromatic N) is 2. The van der Waals surface area contributed by atoms with Crippen LogP contribution in [0.4, 0.5) is 0 Å². The second kappa shape index (κ2) is 6.07. The fourth-order valence-electron chi connectivity index (χ4n) is 3.04. The van der Waals surface area contributed by atoms with E-state index in [4.69, 9.17) is 4.84 Å². The number of hydroxylamine groups is 2. The SMILES string of the molecule is CCC(=O)ON1C(C)(C)CC(C(=O)O)C(O[N+](=O)[O-])C1(C)C. The molecular formula is C13H22N2O7. The standard InChI is InChI=1S/C13H22N2O7/c1-6-9(16)21-14-12(2,3)7-8(11(17)18)10(13(14,4)5)22-15(19)20/h8,10H,6-7H2,1-5H3,(H,17,18). The Kier molecular flexibility index (Phi) is 5.01. The Hall–Kier alpha value is -1.90. The van der Waals surface area contributed by atoms with Crippen molar-refractivity contribution in [2.75, 3.05) is 0 Å². The summed E-state index contributed by atoms with van der Waals surface area (Å²) in [4.78, 5) is 43.8. The summed E-state index contributed by atoms with van der Waals surface area (Å²) < 4.78 is 0. The van der Waals surface area contributed by atoms with Gasteiger partial charge in [-0.3, -0.25) is 9.59 Å². The number of rotatable bonds is 5. The predicted molar refractivity (Wildman–Crippen MR) is 74.0 cm³/mol. The summed E-state index contributed by atoms with van der Waals surface area (Å²) in [7, 11) is 0. The smallest absolute Gasteiger partial charge is 0.324 e. The number of hydrogen-bond acceptors (Lipinski definition) is 7. The summed E-state index contributed by atoms with van der Waals surface area (Å²) in [5.41, 5.74) is -2.00. The molecule has 0 radical (unpaired) electrons. The highest BCUT2D eigenvalue weighted by Gasteiger charge is 2.58. The molecule has 0 aliphatic carbocycles. The molecule has 1 aliphatic heterocycles. The van der Waals surface area contributed by atoms with Crippen LogP contribution in [0.2, 0.25) is 0 Å². The molecule has 1 rings (SSSR count). The van der Waals surface area contributed by atoms with Gasteiger partial charge in [-0.25, -0.2) is 0 Å². The van der Waals surface area contributed by atoms with Crippen LogP contribution in [0.1, 0.15) is 47.5 Å². The molecule has 0 aromatic carbocycles. The zero-order valence-electron chi connectivity index (χ0n) is 13.4. The third-order valence-corrected chi connectivity index (χ3v) is 3.85. The predicted octanol–water partition coefficient (Wildman–Crippen LogP) is 1.40. The van der Waals surface area contributed by atoms with E-state index in [0.717, 1.165) is 0 Å². The maximum Gasteiger partial charge on any atom is 0.324 e. The van der Waals surface area contributed by atoms with E-state index in [1.807, 2.05) is 0 Å². The molecule has 22 heavy (non-hydrogen) atoms. The van der Waals surface area contributed by atoms with Crippen LogP contribution in [0, 0.1) is 16.0 Å². The third kappa shape index (κ3) is 3.46. The van der Waals surface area contributed by atoms with Gasteiger partial charge in [-0.2, -0.15) is 0 Å². The van der Waals surface area contributed by atoms with Crippen molar-refractivity contribution < 1.29 is 29.5 Å². The molecule has 9 nitrogen and oxygen atoms in total. The van der Waals surface area contributed by atoms with Crippen molar-refractivity contribution in [1.82, 2.24) is 5.06 Å². The number of aliphatic carboxylic acids is 1. The van der Waals surface area contributed by atoms with Crippen LogP contribution < -0.4 is 0 Å². The molecule has 2 atom stereocenters. The van der Waals surface area contributed by atoms with E-state index in [1.54, 1.807) is 34.6 Å². The van der Waals surface area contributed by atoms with Gasteiger partial charge in [-0.1, -0.05) is 6.92 Å². The van der Waals surface area contributed by atoms with Gasteiger partial charge in [0.25, 0.3) is 5.09 Å². The summed E-state index contributed by atoms with van der Waals surface area (Å²) in [6.45, 7) is 8.17. The third-order valence-electron chi connectivity index (χ3n) is 3.85. The van der Waals surface area contributed by atoms with E-state index in [0.29, 0.717) is 0 Å². The average Bonchev–Trinajstić information content (AvgIpc) is 2.37. The van der Waals surface area contributed by atoms with Gasteiger partial charge in [0, 0.05) is 6.42 Å². The normalized spacial score (nSPS) is 27.0. The molecule has 9 heteroatoms. The topological polar surface area (TPSA) is 119 Å². The summed E-state index contributed by atoms with van der Waals surface area (Å²) in [5.74, 6) is -2.78. The van der Waals surface area contributed by atoms with E-state index < -0.39 is 40.1 Å². The Labute approximate surface area is 128 Å². The van der Waals surface area contributed by atoms with Crippen molar-refractivity contribution in [3.63, 3.8) is 0 Å². The summed E-state index contributed by atoms with van der Waals surface area (Å²) in [6, 6.07) is 0. The molecule has 0 amide bonds. The van der Waals surface area contributed by atoms with Crippen LogP contribution in [0.15, 0.2) is 0 Å². The highest BCUT2D eigenvalue weighted by atomic mass is 17.0. The molecule has 1 aliphatic rings. The van der Waals surface area contributed by atoms with E-state index in [1.165, 1.54) is 5.06 Å². The van der Waals surface area contributed by atoms with E-state index >= 15 is 0 Å². The van der Waals surface area contributed by atoms with E-state index in [-0.39, 0.29) is 12.8 Å². The molecule has 0 aromatic rings. The molecule has 1 N–H and O–H groups in total. The first-order valence-corrected chi connectivity index (χ1v) is 6.98. The van der Waals surface area contributed by atoms with Crippen molar-refractivity contribution in [1.29, 1.82) is 0 Å². The zero-order chi connectivity index (χ0) is 17.3. The number of carbonyl (C=O) groups is 2. The molecule has 1 saturated heterocycles. The van der Waals surface area contributed by atoms with Crippen molar-refractivity contribution in [2.24, 2.45) is 5.92 Å². The van der Waals surface area contributed by atoms with Crippen LogP contribution in [0.25, 0.3) is 0 Å². The number of carbonyl (C=O) groups excluding carboxylic acids is 1. The molecular weight excluding hydrogens is 296 g/mol. The Morgan fingerprint density at radius 3 is 2.32 bits per heavy atom. The molecule has 126 valence electrons. The Morgan fingerprint density at radius 2 is 1.91 bits per heavy atom. The molecule has 0 saturated carbocycles. The van der Waals surface area contributed by atoms with E-state index in [2.05, 4.69) is 4.84 Å². The minimum Gasteiger partial charge on any atom is -0.481 e. The monoisotopic (exact) mass is 318 g/mol. The van der Waals surface area contributed by atoms with E-state index in [9.17, 15) is 24.8 Å². The van der Waals surface area contributed by atoms with Crippen LogP contribution >= 0.6 is 0 Å². The number of piperidine rings is 1. The largest absolute Gasteiger partial charge is 0.481 e. The molecule has 0 aromatic heterocycles. The first-order valence-electron chi connectivity index (χ1n) is 6.98. The van der Waals surface area contributed by atoms with Crippen molar-refractivity contribution in [3.05, 3.63) is 10.1 Å². The molecule has 0 bridgehead atoms. The fourth-order valence-corrected chi connectivity index (χ4v) is 3.04. The lowest BCUT2D eigenvalue weighted by atomic mass is 9.73. The van der Waals surface area contributed by atoms with Crippen molar-refractivity contribution in [3.8, 4) is 0 Å². The van der Waals surface area contributed by atoms with Crippen LogP contribution in [-0.2, 0) is 19.3 Å². The first-order chi connectivity index (χ1) is 9.93. The summed E-state index contributed by atoms with van der Waals surface area (Å²) >= 11 is 0. The zero-order valence-corrected chi connectivity index (χ0v) is 13.4. The van der Waals surface area contributed by atoms with Gasteiger partial charge in [0.15, 0.2) is 0 Å². The van der Waals surface area contributed by atoms with Crippen molar-refractivity contribution >= 4 is 11.9 Å². The fraction of sp³-hybridized carbons (Fsp3) is 0.846. The maximum absolute atomic E-state index is 11.6. The first kappa shape index (κ1) is 18.1. The van der Waals surface area contributed by atoms with Gasteiger partial charge >= 0.3 is 11.9 Å². The van der Waals surface area contributed by atoms with Crippen LogP contribution in [0.5, 0.6) is 0 Å². The summed E-state index contributed by atoms with van der Waals surface area (Å²) in [5, 5.41) is 20.4. The van der Waals surface area contributed by atoms with Gasteiger partial charge in [0.05, 0.1) is 17.0 Å². The minimum absolute atomic E-state index is 0.0429. The quantitative estimate of drug-likeness (QED) is 0.596. The van der Waals surface area contributed by atoms with Gasteiger partial charge in [-0.05, 0) is 34.1 Å². The maximum atomic E-state index is 11.6. The second-order valence-electron chi connectivity index (χ2n) is 6.48. The Balaban J connectivity index is 3.26. The van der Waals surface area contributed by atoms with Crippen LogP contribution in [0.3, 0.4) is 0 Å². The second-order valence-corrected chi connectivity index (χ2v) is 6.48. The lowest BCUT2D eigenvalue weighted by Crippen LogP contribution is -2.69. The molecule has 0 spiro atoms. The minimum atomic E-state index is -1.27. The van der Waals surface area contributed by atoms with Gasteiger partial charge in [-0.15, -0.1) is 15.2 Å². The van der Waals surface area contributed by atoms with Crippen LogP contribution in [-0.4, -0.2) is 44.4 Å². The van der Waals surface area contributed by atoms with Gasteiger partial charge < -0.3 is 14.8 Å². The molecule has 2 unspecified atom stereocenters. The number of carboxylic acid groups (broad SMARTS) is 1. The molecule has 1 heterocycles. The van der Waals surface area contributed by atoms with Crippen molar-refractivity contribution in [2.45, 2.75) is 64.6 Å². The Bertz CT molecular complexity index is 475. The molecule has 1 fully saturated rings. The lowest BCUT2D eigenvalue weighted by Gasteiger charge is -2.54. The number of hydrogen-bond donors (Lipinski definition) is 1. The lowest BCUT2D eigenvalue weighted by molar-refractivity contribution is -0.775. The van der Waals surface area contributed by atoms with Gasteiger partial charge in [0.2, 0.25) is 0 Å².